The van der Waals surface area contributed by atoms with Gasteiger partial charge in [-0.3, -0.25) is 14.5 Å². The summed E-state index contributed by atoms with van der Waals surface area (Å²) in [5.74, 6) is 0.530. The minimum absolute atomic E-state index is 0.0392. The van der Waals surface area contributed by atoms with E-state index in [0.717, 1.165) is 64.6 Å². The number of carbonyl (C=O) groups is 3. The molecule has 3 aliphatic rings. The Hall–Kier alpha value is -1.63. The Morgan fingerprint density at radius 3 is 2.50 bits per heavy atom. The van der Waals surface area contributed by atoms with Crippen LogP contribution in [0.1, 0.15) is 79.1 Å². The maximum absolute atomic E-state index is 13.3. The second-order valence-electron chi connectivity index (χ2n) is 10.6. The van der Waals surface area contributed by atoms with E-state index in [1.165, 1.54) is 4.90 Å². The van der Waals surface area contributed by atoms with Crippen LogP contribution >= 0.6 is 0 Å². The first kappa shape index (κ1) is 23.0. The molecule has 0 aromatic heterocycles. The predicted octanol–water partition coefficient (Wildman–Crippen LogP) is 3.10. The summed E-state index contributed by atoms with van der Waals surface area (Å²) >= 11 is 0. The molecule has 0 aromatic carbocycles. The van der Waals surface area contributed by atoms with E-state index in [-0.39, 0.29) is 29.2 Å². The zero-order chi connectivity index (χ0) is 21.9. The minimum Gasteiger partial charge on any atom is -0.356 e. The molecule has 2 N–H and O–H groups in total. The molecule has 0 aromatic rings. The maximum atomic E-state index is 13.3. The highest BCUT2D eigenvalue weighted by atomic mass is 16.2. The fourth-order valence-electron chi connectivity index (χ4n) is 5.90. The summed E-state index contributed by atoms with van der Waals surface area (Å²) in [5.41, 5.74) is -0.700. The number of carbonyl (C=O) groups excluding carboxylic acids is 3. The summed E-state index contributed by atoms with van der Waals surface area (Å²) in [5, 5.41) is 6.11. The Bertz CT molecular complexity index is 657. The van der Waals surface area contributed by atoms with Crippen molar-refractivity contribution in [2.45, 2.75) is 84.6 Å². The smallest absolute Gasteiger partial charge is 0.326 e. The van der Waals surface area contributed by atoms with Crippen LogP contribution in [0, 0.1) is 17.3 Å². The molecular formula is C23H40N4O3. The molecule has 7 heteroatoms. The molecule has 3 rings (SSSR count). The Morgan fingerprint density at radius 1 is 1.17 bits per heavy atom. The average molecular weight is 421 g/mol. The van der Waals surface area contributed by atoms with Gasteiger partial charge >= 0.3 is 6.03 Å². The van der Waals surface area contributed by atoms with Gasteiger partial charge in [0.2, 0.25) is 5.91 Å². The maximum Gasteiger partial charge on any atom is 0.326 e. The second kappa shape index (κ2) is 9.25. The summed E-state index contributed by atoms with van der Waals surface area (Å²) in [7, 11) is 0. The van der Waals surface area contributed by atoms with E-state index < -0.39 is 5.54 Å². The van der Waals surface area contributed by atoms with Crippen LogP contribution in [0.3, 0.4) is 0 Å². The SMILES string of the molecule is CCCCCNC(=O)C1CCN(CN2C(=O)NC3(CC(C)CC(C)(C)C3)C2=O)CC1. The molecule has 3 fully saturated rings. The summed E-state index contributed by atoms with van der Waals surface area (Å²) < 4.78 is 0. The fourth-order valence-corrected chi connectivity index (χ4v) is 5.90. The molecule has 170 valence electrons. The summed E-state index contributed by atoms with van der Waals surface area (Å²) in [4.78, 5) is 41.9. The molecule has 2 atom stereocenters. The first-order valence-corrected chi connectivity index (χ1v) is 11.8. The zero-order valence-electron chi connectivity index (χ0n) is 19.3. The van der Waals surface area contributed by atoms with Gasteiger partial charge in [-0.1, -0.05) is 40.5 Å². The molecule has 2 aliphatic heterocycles. The van der Waals surface area contributed by atoms with Crippen molar-refractivity contribution in [1.82, 2.24) is 20.4 Å². The number of hydrogen-bond acceptors (Lipinski definition) is 4. The van der Waals surface area contributed by atoms with Gasteiger partial charge in [-0.25, -0.2) is 9.69 Å². The molecule has 30 heavy (non-hydrogen) atoms. The lowest BCUT2D eigenvalue weighted by Crippen LogP contribution is -2.54. The van der Waals surface area contributed by atoms with Crippen LogP contribution in [-0.2, 0) is 9.59 Å². The Balaban J connectivity index is 1.51. The third kappa shape index (κ3) is 5.16. The number of rotatable bonds is 7. The van der Waals surface area contributed by atoms with Crippen molar-refractivity contribution in [1.29, 1.82) is 0 Å². The summed E-state index contributed by atoms with van der Waals surface area (Å²) in [6.07, 6.45) is 7.37. The minimum atomic E-state index is -0.741. The van der Waals surface area contributed by atoms with Crippen LogP contribution in [0.25, 0.3) is 0 Å². The predicted molar refractivity (Wildman–Crippen MR) is 117 cm³/mol. The topological polar surface area (TPSA) is 81.8 Å². The lowest BCUT2D eigenvalue weighted by molar-refractivity contribution is -0.137. The number of nitrogens with zero attached hydrogens (tertiary/aromatic N) is 2. The quantitative estimate of drug-likeness (QED) is 0.490. The number of unbranched alkanes of at least 4 members (excludes halogenated alkanes) is 2. The number of likely N-dealkylation sites (tertiary alicyclic amines) is 1. The van der Waals surface area contributed by atoms with Crippen molar-refractivity contribution >= 4 is 17.8 Å². The third-order valence-electron chi connectivity index (χ3n) is 7.00. The molecule has 2 unspecified atom stereocenters. The number of imide groups is 1. The van der Waals surface area contributed by atoms with Crippen LogP contribution in [0.4, 0.5) is 4.79 Å². The van der Waals surface area contributed by atoms with Crippen molar-refractivity contribution in [2.24, 2.45) is 17.3 Å². The van der Waals surface area contributed by atoms with Gasteiger partial charge in [0, 0.05) is 25.6 Å². The number of amides is 4. The highest BCUT2D eigenvalue weighted by Crippen LogP contribution is 2.46. The van der Waals surface area contributed by atoms with Gasteiger partial charge in [-0.05, 0) is 49.9 Å². The van der Waals surface area contributed by atoms with Crippen molar-refractivity contribution in [3.8, 4) is 0 Å². The van der Waals surface area contributed by atoms with E-state index in [0.29, 0.717) is 19.0 Å². The Kier molecular flexibility index (Phi) is 7.10. The molecule has 0 radical (unpaired) electrons. The van der Waals surface area contributed by atoms with E-state index in [9.17, 15) is 14.4 Å². The molecule has 2 heterocycles. The van der Waals surface area contributed by atoms with E-state index in [1.54, 1.807) is 0 Å². The fraction of sp³-hybridized carbons (Fsp3) is 0.870. The van der Waals surface area contributed by atoms with Crippen molar-refractivity contribution in [3.63, 3.8) is 0 Å². The van der Waals surface area contributed by atoms with Gasteiger partial charge in [0.1, 0.15) is 5.54 Å². The number of urea groups is 1. The molecule has 4 amide bonds. The third-order valence-corrected chi connectivity index (χ3v) is 7.00. The standard InChI is InChI=1S/C23H40N4O3/c1-5-6-7-10-24-19(28)18-8-11-26(12-9-18)16-27-20(29)23(25-21(27)30)14-17(2)13-22(3,4)15-23/h17-18H,5-16H2,1-4H3,(H,24,28)(H,25,30). The van der Waals surface area contributed by atoms with Gasteiger partial charge in [0.05, 0.1) is 6.67 Å². The van der Waals surface area contributed by atoms with Crippen LogP contribution < -0.4 is 10.6 Å². The van der Waals surface area contributed by atoms with E-state index >= 15 is 0 Å². The van der Waals surface area contributed by atoms with E-state index in [4.69, 9.17) is 0 Å². The van der Waals surface area contributed by atoms with Crippen LogP contribution in [0.15, 0.2) is 0 Å². The van der Waals surface area contributed by atoms with E-state index in [1.807, 2.05) is 0 Å². The molecule has 1 saturated carbocycles. The van der Waals surface area contributed by atoms with Crippen LogP contribution in [0.5, 0.6) is 0 Å². The van der Waals surface area contributed by atoms with E-state index in [2.05, 4.69) is 43.2 Å². The van der Waals surface area contributed by atoms with Crippen molar-refractivity contribution in [3.05, 3.63) is 0 Å². The second-order valence-corrected chi connectivity index (χ2v) is 10.6. The largest absolute Gasteiger partial charge is 0.356 e. The van der Waals surface area contributed by atoms with Crippen molar-refractivity contribution < 1.29 is 14.4 Å². The molecule has 1 spiro atoms. The lowest BCUT2D eigenvalue weighted by Gasteiger charge is -2.44. The molecule has 7 nitrogen and oxygen atoms in total. The van der Waals surface area contributed by atoms with Crippen LogP contribution in [0.2, 0.25) is 0 Å². The lowest BCUT2D eigenvalue weighted by atomic mass is 9.64. The van der Waals surface area contributed by atoms with Gasteiger partial charge in [0.25, 0.3) is 5.91 Å². The first-order valence-electron chi connectivity index (χ1n) is 11.8. The monoisotopic (exact) mass is 420 g/mol. The molecule has 0 bridgehead atoms. The highest BCUT2D eigenvalue weighted by molar-refractivity contribution is 6.07. The Morgan fingerprint density at radius 2 is 1.87 bits per heavy atom. The van der Waals surface area contributed by atoms with Gasteiger partial charge < -0.3 is 10.6 Å². The van der Waals surface area contributed by atoms with Gasteiger partial charge in [0.15, 0.2) is 0 Å². The zero-order valence-corrected chi connectivity index (χ0v) is 19.3. The first-order chi connectivity index (χ1) is 14.2. The number of hydrogen-bond donors (Lipinski definition) is 2. The number of nitrogens with one attached hydrogen (secondary N) is 2. The number of piperidine rings is 1. The van der Waals surface area contributed by atoms with Gasteiger partial charge in [-0.15, -0.1) is 0 Å². The highest BCUT2D eigenvalue weighted by Gasteiger charge is 2.56. The average Bonchev–Trinajstić information content (AvgIpc) is 2.87. The molecule has 2 saturated heterocycles. The Labute approximate surface area is 181 Å². The molecule has 1 aliphatic carbocycles. The van der Waals surface area contributed by atoms with Crippen molar-refractivity contribution in [2.75, 3.05) is 26.3 Å². The summed E-state index contributed by atoms with van der Waals surface area (Å²) in [6, 6.07) is -0.263. The normalized spacial score (nSPS) is 30.0. The van der Waals surface area contributed by atoms with Crippen LogP contribution in [-0.4, -0.2) is 59.5 Å². The van der Waals surface area contributed by atoms with Gasteiger partial charge in [-0.2, -0.15) is 0 Å². The summed E-state index contributed by atoms with van der Waals surface area (Å²) in [6.45, 7) is 11.2. The molecular weight excluding hydrogens is 380 g/mol.